The van der Waals surface area contributed by atoms with Crippen molar-refractivity contribution in [1.29, 1.82) is 0 Å². The molecule has 0 unspecified atom stereocenters. The Morgan fingerprint density at radius 1 is 1.19 bits per heavy atom. The van der Waals surface area contributed by atoms with E-state index in [-0.39, 0.29) is 0 Å². The number of nitrogens with zero attached hydrogens (tertiary/aromatic N) is 4. The fourth-order valence-electron chi connectivity index (χ4n) is 2.48. The Balaban J connectivity index is 1.79. The summed E-state index contributed by atoms with van der Waals surface area (Å²) < 4.78 is 0. The number of hydrogen-bond acceptors (Lipinski definition) is 4. The van der Waals surface area contributed by atoms with Crippen LogP contribution in [0.4, 0.5) is 0 Å². The van der Waals surface area contributed by atoms with E-state index < -0.39 is 0 Å². The summed E-state index contributed by atoms with van der Waals surface area (Å²) in [6.07, 6.45) is 1.78. The summed E-state index contributed by atoms with van der Waals surface area (Å²) in [5, 5.41) is 8.34. The molecule has 3 aromatic rings. The summed E-state index contributed by atoms with van der Waals surface area (Å²) in [4.78, 5) is 11.1. The SMILES string of the molecule is Cc1cc(CN(C)Cc2cc3cccnc3nc2C)n[nH]1. The minimum absolute atomic E-state index is 0.810. The van der Waals surface area contributed by atoms with Crippen LogP contribution in [-0.4, -0.2) is 32.1 Å². The molecule has 0 spiro atoms. The van der Waals surface area contributed by atoms with Crippen LogP contribution < -0.4 is 0 Å². The number of aromatic amines is 1. The third kappa shape index (κ3) is 3.08. The minimum atomic E-state index is 0.810. The molecule has 0 aliphatic carbocycles. The van der Waals surface area contributed by atoms with Gasteiger partial charge in [0.05, 0.1) is 5.69 Å². The third-order valence-electron chi connectivity index (χ3n) is 3.52. The molecular weight excluding hydrogens is 262 g/mol. The number of H-pyrrole nitrogens is 1. The van der Waals surface area contributed by atoms with Gasteiger partial charge < -0.3 is 0 Å². The standard InChI is InChI=1S/C16H19N5/c1-11-7-15(20-19-11)10-21(3)9-14-8-13-5-4-6-17-16(13)18-12(14)2/h4-8H,9-10H2,1-3H3,(H,19,20). The molecule has 3 heterocycles. The molecule has 21 heavy (non-hydrogen) atoms. The maximum Gasteiger partial charge on any atom is 0.159 e. The van der Waals surface area contributed by atoms with E-state index >= 15 is 0 Å². The predicted molar refractivity (Wildman–Crippen MR) is 82.8 cm³/mol. The Labute approximate surface area is 124 Å². The summed E-state index contributed by atoms with van der Waals surface area (Å²) >= 11 is 0. The molecule has 5 heteroatoms. The average Bonchev–Trinajstić information content (AvgIpc) is 2.85. The fourth-order valence-corrected chi connectivity index (χ4v) is 2.48. The zero-order chi connectivity index (χ0) is 14.8. The molecule has 108 valence electrons. The second-order valence-corrected chi connectivity index (χ2v) is 5.50. The number of hydrogen-bond donors (Lipinski definition) is 1. The molecule has 0 aromatic carbocycles. The second kappa shape index (κ2) is 5.61. The normalized spacial score (nSPS) is 11.4. The summed E-state index contributed by atoms with van der Waals surface area (Å²) in [5.41, 5.74) is 5.22. The first-order valence-electron chi connectivity index (χ1n) is 7.02. The quantitative estimate of drug-likeness (QED) is 0.798. The van der Waals surface area contributed by atoms with Crippen molar-refractivity contribution in [3.05, 3.63) is 53.1 Å². The van der Waals surface area contributed by atoms with Gasteiger partial charge in [-0.1, -0.05) is 0 Å². The van der Waals surface area contributed by atoms with Crippen LogP contribution in [0.5, 0.6) is 0 Å². The number of aryl methyl sites for hydroxylation is 2. The summed E-state index contributed by atoms with van der Waals surface area (Å²) in [7, 11) is 2.09. The van der Waals surface area contributed by atoms with Crippen molar-refractivity contribution in [2.24, 2.45) is 0 Å². The molecule has 3 aromatic heterocycles. The van der Waals surface area contributed by atoms with Crippen LogP contribution in [0.1, 0.15) is 22.6 Å². The van der Waals surface area contributed by atoms with Crippen molar-refractivity contribution in [2.45, 2.75) is 26.9 Å². The van der Waals surface area contributed by atoms with Crippen molar-refractivity contribution in [3.63, 3.8) is 0 Å². The van der Waals surface area contributed by atoms with E-state index in [0.29, 0.717) is 0 Å². The summed E-state index contributed by atoms with van der Waals surface area (Å²) in [6, 6.07) is 8.25. The lowest BCUT2D eigenvalue weighted by Crippen LogP contribution is -2.18. The van der Waals surface area contributed by atoms with Crippen LogP contribution in [0.3, 0.4) is 0 Å². The first kappa shape index (κ1) is 13.7. The molecule has 0 aliphatic heterocycles. The van der Waals surface area contributed by atoms with E-state index in [1.807, 2.05) is 19.9 Å². The molecule has 0 saturated heterocycles. The number of nitrogens with one attached hydrogen (secondary N) is 1. The Morgan fingerprint density at radius 2 is 2.05 bits per heavy atom. The maximum absolute atomic E-state index is 4.58. The van der Waals surface area contributed by atoms with Crippen molar-refractivity contribution in [1.82, 2.24) is 25.1 Å². The van der Waals surface area contributed by atoms with Gasteiger partial charge in [-0.15, -0.1) is 0 Å². The zero-order valence-corrected chi connectivity index (χ0v) is 12.6. The van der Waals surface area contributed by atoms with Gasteiger partial charge in [0.2, 0.25) is 0 Å². The zero-order valence-electron chi connectivity index (χ0n) is 12.6. The molecule has 5 nitrogen and oxygen atoms in total. The third-order valence-corrected chi connectivity index (χ3v) is 3.52. The molecule has 0 amide bonds. The van der Waals surface area contributed by atoms with Crippen molar-refractivity contribution in [3.8, 4) is 0 Å². The predicted octanol–water partition coefficient (Wildman–Crippen LogP) is 2.60. The Kier molecular flexibility index (Phi) is 3.66. The number of rotatable bonds is 4. The summed E-state index contributed by atoms with van der Waals surface area (Å²) in [6.45, 7) is 5.71. The van der Waals surface area contributed by atoms with Gasteiger partial charge in [0.1, 0.15) is 0 Å². The highest BCUT2D eigenvalue weighted by Crippen LogP contribution is 2.16. The molecule has 0 bridgehead atoms. The van der Waals surface area contributed by atoms with Crippen LogP contribution in [0, 0.1) is 13.8 Å². The van der Waals surface area contributed by atoms with Crippen molar-refractivity contribution >= 4 is 11.0 Å². The fraction of sp³-hybridized carbons (Fsp3) is 0.312. The molecule has 0 saturated carbocycles. The van der Waals surface area contributed by atoms with E-state index in [9.17, 15) is 0 Å². The summed E-state index contributed by atoms with van der Waals surface area (Å²) in [5.74, 6) is 0. The lowest BCUT2D eigenvalue weighted by Gasteiger charge is -2.16. The van der Waals surface area contributed by atoms with E-state index in [2.05, 4.69) is 50.3 Å². The molecule has 0 aliphatic rings. The topological polar surface area (TPSA) is 57.7 Å². The largest absolute Gasteiger partial charge is 0.296 e. The number of aromatic nitrogens is 4. The van der Waals surface area contributed by atoms with Gasteiger partial charge in [-0.25, -0.2) is 9.97 Å². The molecular formula is C16H19N5. The highest BCUT2D eigenvalue weighted by Gasteiger charge is 2.08. The molecule has 3 rings (SSSR count). The second-order valence-electron chi connectivity index (χ2n) is 5.50. The molecule has 0 fully saturated rings. The average molecular weight is 281 g/mol. The molecule has 0 atom stereocenters. The van der Waals surface area contributed by atoms with Gasteiger partial charge in [-0.05, 0) is 50.7 Å². The van der Waals surface area contributed by atoms with Gasteiger partial charge in [0.15, 0.2) is 5.65 Å². The van der Waals surface area contributed by atoms with E-state index in [1.54, 1.807) is 6.20 Å². The Bertz CT molecular complexity index is 762. The minimum Gasteiger partial charge on any atom is -0.296 e. The van der Waals surface area contributed by atoms with Crippen LogP contribution in [0.15, 0.2) is 30.5 Å². The molecule has 0 radical (unpaired) electrons. The smallest absolute Gasteiger partial charge is 0.159 e. The van der Waals surface area contributed by atoms with E-state index in [1.165, 1.54) is 5.56 Å². The van der Waals surface area contributed by atoms with Crippen molar-refractivity contribution in [2.75, 3.05) is 7.05 Å². The maximum atomic E-state index is 4.58. The van der Waals surface area contributed by atoms with E-state index in [0.717, 1.165) is 41.2 Å². The lowest BCUT2D eigenvalue weighted by molar-refractivity contribution is 0.314. The van der Waals surface area contributed by atoms with Gasteiger partial charge >= 0.3 is 0 Å². The van der Waals surface area contributed by atoms with Gasteiger partial charge in [-0.2, -0.15) is 5.10 Å². The monoisotopic (exact) mass is 281 g/mol. The number of fused-ring (bicyclic) bond motifs is 1. The van der Waals surface area contributed by atoms with Crippen LogP contribution in [0.25, 0.3) is 11.0 Å². The number of pyridine rings is 2. The Morgan fingerprint density at radius 3 is 2.81 bits per heavy atom. The lowest BCUT2D eigenvalue weighted by atomic mass is 10.1. The highest BCUT2D eigenvalue weighted by molar-refractivity contribution is 5.75. The first-order valence-corrected chi connectivity index (χ1v) is 7.02. The van der Waals surface area contributed by atoms with E-state index in [4.69, 9.17) is 0 Å². The van der Waals surface area contributed by atoms with Gasteiger partial charge in [0.25, 0.3) is 0 Å². The van der Waals surface area contributed by atoms with Gasteiger partial charge in [-0.3, -0.25) is 10.00 Å². The first-order chi connectivity index (χ1) is 10.1. The Hall–Kier alpha value is -2.27. The highest BCUT2D eigenvalue weighted by atomic mass is 15.2. The van der Waals surface area contributed by atoms with Crippen LogP contribution in [-0.2, 0) is 13.1 Å². The van der Waals surface area contributed by atoms with Crippen molar-refractivity contribution < 1.29 is 0 Å². The van der Waals surface area contributed by atoms with Crippen LogP contribution in [0.2, 0.25) is 0 Å². The van der Waals surface area contributed by atoms with Gasteiger partial charge in [0, 0.05) is 36.1 Å². The van der Waals surface area contributed by atoms with Crippen LogP contribution >= 0.6 is 0 Å². The molecule has 1 N–H and O–H groups in total.